The number of hydrogen-bond acceptors (Lipinski definition) is 7. The molecule has 0 aliphatic heterocycles. The van der Waals surface area contributed by atoms with Gasteiger partial charge in [0.15, 0.2) is 11.5 Å². The summed E-state index contributed by atoms with van der Waals surface area (Å²) in [5.74, 6) is 2.82. The average molecular weight is 454 g/mol. The van der Waals surface area contributed by atoms with Crippen LogP contribution in [0.15, 0.2) is 47.0 Å². The molecule has 0 bridgehead atoms. The van der Waals surface area contributed by atoms with Crippen molar-refractivity contribution in [2.24, 2.45) is 0 Å². The number of ether oxygens (including phenoxy) is 3. The lowest BCUT2D eigenvalue weighted by Crippen LogP contribution is -2.12. The number of hydrogen-bond donors (Lipinski definition) is 1. The summed E-state index contributed by atoms with van der Waals surface area (Å²) in [4.78, 5) is 16.8. The molecule has 0 saturated carbocycles. The number of anilines is 1. The van der Waals surface area contributed by atoms with Crippen LogP contribution in [0.5, 0.6) is 17.2 Å². The minimum atomic E-state index is -0.153. The number of carbonyl (C=O) groups is 1. The van der Waals surface area contributed by atoms with Crippen LogP contribution in [-0.4, -0.2) is 35.9 Å². The van der Waals surface area contributed by atoms with Gasteiger partial charge in [-0.2, -0.15) is 4.98 Å². The first-order valence-electron chi connectivity index (χ1n) is 11.4. The summed E-state index contributed by atoms with van der Waals surface area (Å²) < 4.78 is 22.3. The monoisotopic (exact) mass is 453 g/mol. The summed E-state index contributed by atoms with van der Waals surface area (Å²) in [7, 11) is 0. The minimum absolute atomic E-state index is 0.153. The molecule has 3 rings (SSSR count). The smallest absolute Gasteiger partial charge is 0.227 e. The third kappa shape index (κ3) is 7.24. The van der Waals surface area contributed by atoms with Crippen molar-refractivity contribution in [2.45, 2.75) is 46.5 Å². The van der Waals surface area contributed by atoms with Crippen LogP contribution < -0.4 is 19.5 Å². The van der Waals surface area contributed by atoms with Crippen molar-refractivity contribution in [1.29, 1.82) is 0 Å². The van der Waals surface area contributed by atoms with Crippen molar-refractivity contribution in [2.75, 3.05) is 25.1 Å². The fourth-order valence-electron chi connectivity index (χ4n) is 3.03. The molecule has 8 nitrogen and oxygen atoms in total. The summed E-state index contributed by atoms with van der Waals surface area (Å²) in [6, 6.07) is 12.9. The highest BCUT2D eigenvalue weighted by molar-refractivity contribution is 5.91. The van der Waals surface area contributed by atoms with Crippen molar-refractivity contribution in [3.8, 4) is 28.6 Å². The number of nitrogens with one attached hydrogen (secondary N) is 1. The minimum Gasteiger partial charge on any atom is -0.494 e. The average Bonchev–Trinajstić information content (AvgIpc) is 3.30. The van der Waals surface area contributed by atoms with E-state index in [1.54, 1.807) is 12.1 Å². The van der Waals surface area contributed by atoms with Crippen LogP contribution in [0.2, 0.25) is 0 Å². The van der Waals surface area contributed by atoms with E-state index in [2.05, 4.69) is 15.5 Å². The predicted molar refractivity (Wildman–Crippen MR) is 126 cm³/mol. The summed E-state index contributed by atoms with van der Waals surface area (Å²) in [6.45, 7) is 7.82. The molecule has 0 aliphatic carbocycles. The van der Waals surface area contributed by atoms with Gasteiger partial charge >= 0.3 is 0 Å². The van der Waals surface area contributed by atoms with E-state index < -0.39 is 0 Å². The van der Waals surface area contributed by atoms with E-state index in [1.807, 2.05) is 51.1 Å². The molecule has 0 saturated heterocycles. The number of aryl methyl sites for hydroxylation is 1. The molecule has 3 aromatic rings. The van der Waals surface area contributed by atoms with Gasteiger partial charge in [-0.25, -0.2) is 0 Å². The van der Waals surface area contributed by atoms with E-state index in [0.717, 1.165) is 24.2 Å². The van der Waals surface area contributed by atoms with Crippen LogP contribution in [0.3, 0.4) is 0 Å². The van der Waals surface area contributed by atoms with Gasteiger partial charge in [0.05, 0.1) is 19.8 Å². The quantitative estimate of drug-likeness (QED) is 0.376. The van der Waals surface area contributed by atoms with Crippen molar-refractivity contribution < 1.29 is 23.5 Å². The van der Waals surface area contributed by atoms with Gasteiger partial charge in [-0.3, -0.25) is 4.79 Å². The third-order valence-corrected chi connectivity index (χ3v) is 4.61. The zero-order valence-electron chi connectivity index (χ0n) is 19.4. The molecule has 0 atom stereocenters. The van der Waals surface area contributed by atoms with Crippen molar-refractivity contribution >= 4 is 11.6 Å². The summed E-state index contributed by atoms with van der Waals surface area (Å²) in [5, 5.41) is 6.90. The normalized spacial score (nSPS) is 10.6. The van der Waals surface area contributed by atoms with Gasteiger partial charge in [-0.05, 0) is 56.2 Å². The topological polar surface area (TPSA) is 95.7 Å². The van der Waals surface area contributed by atoms with Gasteiger partial charge in [-0.1, -0.05) is 19.0 Å². The first-order valence-corrected chi connectivity index (χ1v) is 11.4. The Kier molecular flexibility index (Phi) is 9.11. The number of rotatable bonds is 13. The number of carbonyl (C=O) groups excluding carboxylic acids is 1. The van der Waals surface area contributed by atoms with Crippen LogP contribution in [-0.2, 0) is 11.2 Å². The summed E-state index contributed by atoms with van der Waals surface area (Å²) in [6.07, 6.45) is 2.34. The van der Waals surface area contributed by atoms with Crippen LogP contribution in [0, 0.1) is 0 Å². The second-order valence-corrected chi connectivity index (χ2v) is 7.38. The van der Waals surface area contributed by atoms with Gasteiger partial charge in [0, 0.05) is 30.2 Å². The zero-order chi connectivity index (χ0) is 23.5. The Balaban J connectivity index is 1.55. The number of nitrogens with zero attached hydrogens (tertiary/aromatic N) is 2. The molecule has 176 valence electrons. The molecule has 0 aliphatic rings. The highest BCUT2D eigenvalue weighted by atomic mass is 16.5. The third-order valence-electron chi connectivity index (χ3n) is 4.61. The van der Waals surface area contributed by atoms with Gasteiger partial charge in [-0.15, -0.1) is 0 Å². The Labute approximate surface area is 194 Å². The first-order chi connectivity index (χ1) is 16.1. The van der Waals surface area contributed by atoms with E-state index in [1.165, 1.54) is 0 Å². The molecule has 1 aromatic heterocycles. The number of benzene rings is 2. The Morgan fingerprint density at radius 1 is 0.939 bits per heavy atom. The van der Waals surface area contributed by atoms with E-state index >= 15 is 0 Å². The lowest BCUT2D eigenvalue weighted by Gasteiger charge is -2.14. The molecule has 2 aromatic carbocycles. The molecule has 0 fully saturated rings. The first kappa shape index (κ1) is 24.1. The van der Waals surface area contributed by atoms with E-state index in [4.69, 9.17) is 18.7 Å². The van der Waals surface area contributed by atoms with Gasteiger partial charge in [0.25, 0.3) is 0 Å². The van der Waals surface area contributed by atoms with Gasteiger partial charge < -0.3 is 24.1 Å². The lowest BCUT2D eigenvalue weighted by molar-refractivity contribution is -0.116. The SMILES string of the molecule is CCCOc1ccc(NC(=O)CCc2nc(-c3ccc(OCC)cc3)no2)cc1OCCC. The largest absolute Gasteiger partial charge is 0.494 e. The second-order valence-electron chi connectivity index (χ2n) is 7.38. The molecule has 1 N–H and O–H groups in total. The van der Waals surface area contributed by atoms with Crippen LogP contribution in [0.1, 0.15) is 45.9 Å². The Bertz CT molecular complexity index is 1020. The Morgan fingerprint density at radius 2 is 1.67 bits per heavy atom. The number of aromatic nitrogens is 2. The highest BCUT2D eigenvalue weighted by Gasteiger charge is 2.13. The predicted octanol–water partition coefficient (Wildman–Crippen LogP) is 5.28. The molecule has 33 heavy (non-hydrogen) atoms. The molecule has 1 heterocycles. The van der Waals surface area contributed by atoms with Crippen molar-refractivity contribution in [1.82, 2.24) is 10.1 Å². The molecule has 8 heteroatoms. The van der Waals surface area contributed by atoms with E-state index in [9.17, 15) is 4.79 Å². The highest BCUT2D eigenvalue weighted by Crippen LogP contribution is 2.31. The Hall–Kier alpha value is -3.55. The standard InChI is InChI=1S/C25H31N3O5/c1-4-15-31-21-12-9-19(17-22(21)32-16-5-2)26-23(29)13-14-24-27-25(28-33-24)18-7-10-20(11-8-18)30-6-3/h7-12,17H,4-6,13-16H2,1-3H3,(H,26,29). The van der Waals surface area contributed by atoms with Crippen LogP contribution >= 0.6 is 0 Å². The van der Waals surface area contributed by atoms with Crippen molar-refractivity contribution in [3.63, 3.8) is 0 Å². The molecular weight excluding hydrogens is 422 g/mol. The fourth-order valence-corrected chi connectivity index (χ4v) is 3.03. The number of amides is 1. The lowest BCUT2D eigenvalue weighted by atomic mass is 10.2. The van der Waals surface area contributed by atoms with E-state index in [0.29, 0.717) is 55.1 Å². The molecule has 1 amide bonds. The van der Waals surface area contributed by atoms with Crippen LogP contribution in [0.25, 0.3) is 11.4 Å². The van der Waals surface area contributed by atoms with Crippen LogP contribution in [0.4, 0.5) is 5.69 Å². The fraction of sp³-hybridized carbons (Fsp3) is 0.400. The van der Waals surface area contributed by atoms with Gasteiger partial charge in [0.1, 0.15) is 5.75 Å². The zero-order valence-corrected chi connectivity index (χ0v) is 19.4. The van der Waals surface area contributed by atoms with E-state index in [-0.39, 0.29) is 12.3 Å². The molecule has 0 spiro atoms. The maximum Gasteiger partial charge on any atom is 0.227 e. The van der Waals surface area contributed by atoms with Crippen molar-refractivity contribution in [3.05, 3.63) is 48.4 Å². The molecular formula is C25H31N3O5. The maximum atomic E-state index is 12.5. The summed E-state index contributed by atoms with van der Waals surface area (Å²) in [5.41, 5.74) is 1.47. The van der Waals surface area contributed by atoms with Gasteiger partial charge in [0.2, 0.25) is 17.6 Å². The molecule has 0 unspecified atom stereocenters. The second kappa shape index (κ2) is 12.5. The summed E-state index contributed by atoms with van der Waals surface area (Å²) >= 11 is 0. The maximum absolute atomic E-state index is 12.5. The Morgan fingerprint density at radius 3 is 2.36 bits per heavy atom. The molecule has 0 radical (unpaired) electrons.